The van der Waals surface area contributed by atoms with Crippen LogP contribution in [0.25, 0.3) is 16.5 Å². The maximum absolute atomic E-state index is 11.0. The van der Waals surface area contributed by atoms with Crippen molar-refractivity contribution in [3.8, 4) is 5.69 Å². The van der Waals surface area contributed by atoms with Gasteiger partial charge in [0, 0.05) is 28.9 Å². The van der Waals surface area contributed by atoms with Crippen molar-refractivity contribution >= 4 is 16.7 Å². The van der Waals surface area contributed by atoms with Crippen LogP contribution in [0.15, 0.2) is 42.7 Å². The fourth-order valence-corrected chi connectivity index (χ4v) is 2.11. The number of benzene rings is 1. The minimum absolute atomic E-state index is 0.0450. The summed E-state index contributed by atoms with van der Waals surface area (Å²) in [4.78, 5) is 15.1. The predicted molar refractivity (Wildman–Crippen MR) is 70.6 cm³/mol. The van der Waals surface area contributed by atoms with E-state index in [-0.39, 0.29) is 5.69 Å². The van der Waals surface area contributed by atoms with Crippen LogP contribution in [0.4, 0.5) is 0 Å². The largest absolute Gasteiger partial charge is 0.476 e. The molecule has 0 spiro atoms. The molecule has 0 amide bonds. The number of rotatable bonds is 2. The summed E-state index contributed by atoms with van der Waals surface area (Å²) in [5, 5.41) is 15.1. The number of fused-ring (bicyclic) bond motifs is 1. The van der Waals surface area contributed by atoms with Gasteiger partial charge in [0.15, 0.2) is 5.69 Å². The first-order chi connectivity index (χ1) is 9.16. The van der Waals surface area contributed by atoms with Crippen molar-refractivity contribution in [3.63, 3.8) is 0 Å². The van der Waals surface area contributed by atoms with Crippen molar-refractivity contribution in [2.45, 2.75) is 6.92 Å². The summed E-state index contributed by atoms with van der Waals surface area (Å²) in [5.41, 5.74) is 1.68. The summed E-state index contributed by atoms with van der Waals surface area (Å²) in [6.45, 7) is 1.83. The average Bonchev–Trinajstić information content (AvgIpc) is 2.80. The summed E-state index contributed by atoms with van der Waals surface area (Å²) in [5.74, 6) is -1.02. The highest BCUT2D eigenvalue weighted by atomic mass is 16.4. The molecule has 0 saturated carbocycles. The van der Waals surface area contributed by atoms with Gasteiger partial charge in [0.1, 0.15) is 0 Å². The van der Waals surface area contributed by atoms with E-state index in [0.717, 1.165) is 22.2 Å². The zero-order chi connectivity index (χ0) is 13.4. The van der Waals surface area contributed by atoms with E-state index in [1.165, 1.54) is 0 Å². The second kappa shape index (κ2) is 4.20. The van der Waals surface area contributed by atoms with Crippen molar-refractivity contribution < 1.29 is 9.90 Å². The van der Waals surface area contributed by atoms with Crippen molar-refractivity contribution in [2.24, 2.45) is 0 Å². The third-order valence-electron chi connectivity index (χ3n) is 2.99. The highest BCUT2D eigenvalue weighted by Crippen LogP contribution is 2.22. The molecule has 1 aromatic carbocycles. The Hall–Kier alpha value is -2.69. The van der Waals surface area contributed by atoms with Gasteiger partial charge in [0.2, 0.25) is 0 Å². The number of hydrogen-bond acceptors (Lipinski definition) is 3. The predicted octanol–water partition coefficient (Wildman–Crippen LogP) is 2.43. The first-order valence-electron chi connectivity index (χ1n) is 5.80. The Kier molecular flexibility index (Phi) is 2.52. The minimum atomic E-state index is -1.02. The molecule has 2 aromatic heterocycles. The average molecular weight is 253 g/mol. The molecule has 5 nitrogen and oxygen atoms in total. The normalized spacial score (nSPS) is 10.8. The van der Waals surface area contributed by atoms with Crippen molar-refractivity contribution in [3.05, 3.63) is 54.1 Å². The number of aromatic carboxylic acids is 1. The molecule has 0 aliphatic heterocycles. The number of hydrogen-bond donors (Lipinski definition) is 1. The second-order valence-corrected chi connectivity index (χ2v) is 4.26. The van der Waals surface area contributed by atoms with E-state index in [1.54, 1.807) is 23.1 Å². The van der Waals surface area contributed by atoms with Crippen LogP contribution in [0.3, 0.4) is 0 Å². The minimum Gasteiger partial charge on any atom is -0.476 e. The molecule has 2 heterocycles. The van der Waals surface area contributed by atoms with Gasteiger partial charge >= 0.3 is 5.97 Å². The monoisotopic (exact) mass is 253 g/mol. The molecule has 0 fully saturated rings. The van der Waals surface area contributed by atoms with E-state index < -0.39 is 5.97 Å². The molecule has 19 heavy (non-hydrogen) atoms. The summed E-state index contributed by atoms with van der Waals surface area (Å²) >= 11 is 0. The molecule has 0 radical (unpaired) electrons. The summed E-state index contributed by atoms with van der Waals surface area (Å²) in [6, 6.07) is 9.23. The standard InChI is InChI=1S/C14H11N3O2/c1-9-7-12(14(18)19)16-17(9)13-4-2-3-10-8-15-6-5-11(10)13/h2-8H,1H3,(H,18,19). The molecule has 0 aliphatic rings. The van der Waals surface area contributed by atoms with E-state index in [9.17, 15) is 4.79 Å². The molecule has 0 unspecified atom stereocenters. The quantitative estimate of drug-likeness (QED) is 0.761. The molecule has 0 saturated heterocycles. The lowest BCUT2D eigenvalue weighted by molar-refractivity contribution is 0.0690. The first kappa shape index (κ1) is 11.4. The van der Waals surface area contributed by atoms with Crippen molar-refractivity contribution in [2.75, 3.05) is 0 Å². The molecular formula is C14H11N3O2. The van der Waals surface area contributed by atoms with E-state index in [1.807, 2.05) is 31.2 Å². The molecule has 0 aliphatic carbocycles. The van der Waals surface area contributed by atoms with Crippen LogP contribution in [0.2, 0.25) is 0 Å². The zero-order valence-corrected chi connectivity index (χ0v) is 10.2. The van der Waals surface area contributed by atoms with Crippen molar-refractivity contribution in [1.82, 2.24) is 14.8 Å². The van der Waals surface area contributed by atoms with E-state index in [4.69, 9.17) is 5.11 Å². The Bertz CT molecular complexity index is 772. The number of aromatic nitrogens is 3. The van der Waals surface area contributed by atoms with E-state index >= 15 is 0 Å². The number of carboxylic acid groups (broad SMARTS) is 1. The number of aryl methyl sites for hydroxylation is 1. The van der Waals surface area contributed by atoms with Gasteiger partial charge in [0.05, 0.1) is 5.69 Å². The fourth-order valence-electron chi connectivity index (χ4n) is 2.11. The highest BCUT2D eigenvalue weighted by molar-refractivity contribution is 5.90. The maximum Gasteiger partial charge on any atom is 0.356 e. The lowest BCUT2D eigenvalue weighted by atomic mass is 10.1. The smallest absolute Gasteiger partial charge is 0.356 e. The number of nitrogens with zero attached hydrogens (tertiary/aromatic N) is 3. The Balaban J connectivity index is 2.27. The molecule has 3 aromatic rings. The second-order valence-electron chi connectivity index (χ2n) is 4.26. The summed E-state index contributed by atoms with van der Waals surface area (Å²) in [6.07, 6.45) is 3.48. The highest BCUT2D eigenvalue weighted by Gasteiger charge is 2.13. The van der Waals surface area contributed by atoms with Crippen LogP contribution in [-0.4, -0.2) is 25.8 Å². The summed E-state index contributed by atoms with van der Waals surface area (Å²) in [7, 11) is 0. The third-order valence-corrected chi connectivity index (χ3v) is 2.99. The van der Waals surface area contributed by atoms with Crippen LogP contribution in [0.5, 0.6) is 0 Å². The SMILES string of the molecule is Cc1cc(C(=O)O)nn1-c1cccc2cnccc12. The van der Waals surface area contributed by atoms with Crippen LogP contribution in [-0.2, 0) is 0 Å². The maximum atomic E-state index is 11.0. The molecular weight excluding hydrogens is 242 g/mol. The molecule has 3 rings (SSSR count). The molecule has 0 atom stereocenters. The van der Waals surface area contributed by atoms with E-state index in [0.29, 0.717) is 0 Å². The summed E-state index contributed by atoms with van der Waals surface area (Å²) < 4.78 is 1.64. The van der Waals surface area contributed by atoms with Gasteiger partial charge in [-0.3, -0.25) is 4.98 Å². The molecule has 94 valence electrons. The number of pyridine rings is 1. The lowest BCUT2D eigenvalue weighted by Crippen LogP contribution is -2.02. The topological polar surface area (TPSA) is 68.0 Å². The van der Waals surface area contributed by atoms with Gasteiger partial charge in [-0.05, 0) is 25.1 Å². The van der Waals surface area contributed by atoms with Crippen molar-refractivity contribution in [1.29, 1.82) is 0 Å². The first-order valence-corrected chi connectivity index (χ1v) is 5.80. The van der Waals surface area contributed by atoms with Gasteiger partial charge in [0.25, 0.3) is 0 Å². The Morgan fingerprint density at radius 2 is 2.16 bits per heavy atom. The van der Waals surface area contributed by atoms with Gasteiger partial charge in [-0.2, -0.15) is 5.10 Å². The Morgan fingerprint density at radius 3 is 2.89 bits per heavy atom. The molecule has 1 N–H and O–H groups in total. The van der Waals surface area contributed by atoms with Gasteiger partial charge in [-0.25, -0.2) is 9.48 Å². The number of carboxylic acids is 1. The molecule has 5 heteroatoms. The lowest BCUT2D eigenvalue weighted by Gasteiger charge is -2.07. The van der Waals surface area contributed by atoms with Crippen LogP contribution >= 0.6 is 0 Å². The van der Waals surface area contributed by atoms with Gasteiger partial charge < -0.3 is 5.11 Å². The Morgan fingerprint density at radius 1 is 1.32 bits per heavy atom. The zero-order valence-electron chi connectivity index (χ0n) is 10.2. The van der Waals surface area contributed by atoms with E-state index in [2.05, 4.69) is 10.1 Å². The Labute approximate surface area is 109 Å². The van der Waals surface area contributed by atoms with Crippen LogP contribution < -0.4 is 0 Å². The third kappa shape index (κ3) is 1.85. The van der Waals surface area contributed by atoms with Crippen LogP contribution in [0, 0.1) is 6.92 Å². The van der Waals surface area contributed by atoms with Gasteiger partial charge in [-0.1, -0.05) is 12.1 Å². The van der Waals surface area contributed by atoms with Gasteiger partial charge in [-0.15, -0.1) is 0 Å². The molecule has 0 bridgehead atoms. The number of carbonyl (C=O) groups is 1. The fraction of sp³-hybridized carbons (Fsp3) is 0.0714. The van der Waals surface area contributed by atoms with Crippen LogP contribution in [0.1, 0.15) is 16.2 Å².